The molecule has 1 aliphatic heterocycles. The highest BCUT2D eigenvalue weighted by molar-refractivity contribution is 5.58. The molecule has 1 aromatic carbocycles. The Labute approximate surface area is 200 Å². The molecule has 1 saturated heterocycles. The summed E-state index contributed by atoms with van der Waals surface area (Å²) in [4.78, 5) is 23.1. The first kappa shape index (κ1) is 23.8. The number of ether oxygens (including phenoxy) is 2. The molecule has 0 saturated carbocycles. The number of pyridine rings is 1. The number of anilines is 3. The molecule has 3 heterocycles. The first-order valence-electron chi connectivity index (χ1n) is 11.7. The van der Waals surface area contributed by atoms with E-state index in [1.54, 1.807) is 0 Å². The smallest absolute Gasteiger partial charge is 0.230 e. The van der Waals surface area contributed by atoms with Gasteiger partial charge in [0.1, 0.15) is 5.82 Å². The number of piperazine rings is 1. The van der Waals surface area contributed by atoms with Gasteiger partial charge in [-0.2, -0.15) is 15.0 Å². The van der Waals surface area contributed by atoms with Gasteiger partial charge in [0, 0.05) is 51.0 Å². The van der Waals surface area contributed by atoms with Crippen molar-refractivity contribution in [2.75, 3.05) is 80.8 Å². The minimum atomic E-state index is 0.519. The van der Waals surface area contributed by atoms with E-state index >= 15 is 0 Å². The Morgan fingerprint density at radius 3 is 2.26 bits per heavy atom. The summed E-state index contributed by atoms with van der Waals surface area (Å²) in [6.07, 6.45) is 1.83. The van der Waals surface area contributed by atoms with E-state index in [0.717, 1.165) is 37.6 Å². The first-order valence-corrected chi connectivity index (χ1v) is 11.7. The van der Waals surface area contributed by atoms with Crippen molar-refractivity contribution in [3.63, 3.8) is 0 Å². The lowest BCUT2D eigenvalue weighted by molar-refractivity contribution is 0.0547. The van der Waals surface area contributed by atoms with E-state index in [9.17, 15) is 0 Å². The standard InChI is InChI=1S/C24H32N8O2/c25-9-16-33-18-19-34-17-11-27-23-28-22(20-6-2-1-3-7-20)29-24(30-23)32-14-12-31(13-15-32)21-8-4-5-10-26-21/h1-8,10H,9,11-19,25H2,(H,27,28,29,30). The van der Waals surface area contributed by atoms with E-state index in [-0.39, 0.29) is 0 Å². The van der Waals surface area contributed by atoms with Crippen molar-refractivity contribution in [1.82, 2.24) is 19.9 Å². The van der Waals surface area contributed by atoms with Crippen LogP contribution < -0.4 is 20.9 Å². The van der Waals surface area contributed by atoms with E-state index in [1.165, 1.54) is 0 Å². The minimum absolute atomic E-state index is 0.519. The van der Waals surface area contributed by atoms with Crippen LogP contribution in [0.15, 0.2) is 54.7 Å². The largest absolute Gasteiger partial charge is 0.378 e. The molecule has 10 heteroatoms. The maximum atomic E-state index is 5.60. The van der Waals surface area contributed by atoms with Crippen molar-refractivity contribution < 1.29 is 9.47 Å². The van der Waals surface area contributed by atoms with Crippen LogP contribution in [0, 0.1) is 0 Å². The summed E-state index contributed by atoms with van der Waals surface area (Å²) in [5.41, 5.74) is 6.36. The van der Waals surface area contributed by atoms with E-state index in [0.29, 0.717) is 57.2 Å². The van der Waals surface area contributed by atoms with Gasteiger partial charge in [-0.05, 0) is 12.1 Å². The van der Waals surface area contributed by atoms with Crippen LogP contribution in [-0.2, 0) is 9.47 Å². The zero-order chi connectivity index (χ0) is 23.4. The summed E-state index contributed by atoms with van der Waals surface area (Å²) in [5.74, 6) is 2.86. The third-order valence-electron chi connectivity index (χ3n) is 5.36. The Kier molecular flexibility index (Phi) is 8.95. The Bertz CT molecular complexity index is 985. The summed E-state index contributed by atoms with van der Waals surface area (Å²) in [7, 11) is 0. The Hall–Kier alpha value is -3.34. The van der Waals surface area contributed by atoms with Crippen LogP contribution >= 0.6 is 0 Å². The number of hydrogen-bond acceptors (Lipinski definition) is 10. The van der Waals surface area contributed by atoms with Gasteiger partial charge in [-0.15, -0.1) is 0 Å². The second kappa shape index (κ2) is 12.8. The number of rotatable bonds is 12. The van der Waals surface area contributed by atoms with Gasteiger partial charge in [-0.3, -0.25) is 0 Å². The number of nitrogens with one attached hydrogen (secondary N) is 1. The van der Waals surface area contributed by atoms with Gasteiger partial charge in [0.25, 0.3) is 0 Å². The highest BCUT2D eigenvalue weighted by Crippen LogP contribution is 2.21. The van der Waals surface area contributed by atoms with E-state index < -0.39 is 0 Å². The number of nitrogens with two attached hydrogens (primary N) is 1. The molecule has 180 valence electrons. The molecule has 1 aliphatic rings. The van der Waals surface area contributed by atoms with Crippen molar-refractivity contribution in [2.24, 2.45) is 5.73 Å². The topological polar surface area (TPSA) is 115 Å². The molecule has 3 aromatic rings. The fourth-order valence-electron chi connectivity index (χ4n) is 3.62. The molecule has 0 atom stereocenters. The molecule has 0 radical (unpaired) electrons. The fraction of sp³-hybridized carbons (Fsp3) is 0.417. The Morgan fingerprint density at radius 1 is 0.794 bits per heavy atom. The van der Waals surface area contributed by atoms with E-state index in [1.807, 2.05) is 54.7 Å². The molecule has 1 fully saturated rings. The van der Waals surface area contributed by atoms with Crippen molar-refractivity contribution >= 4 is 17.7 Å². The van der Waals surface area contributed by atoms with Crippen molar-refractivity contribution in [1.29, 1.82) is 0 Å². The molecule has 0 spiro atoms. The molecule has 0 aliphatic carbocycles. The van der Waals surface area contributed by atoms with Crippen molar-refractivity contribution in [3.8, 4) is 11.4 Å². The average Bonchev–Trinajstić information content (AvgIpc) is 2.91. The highest BCUT2D eigenvalue weighted by Gasteiger charge is 2.21. The molecule has 0 amide bonds. The summed E-state index contributed by atoms with van der Waals surface area (Å²) >= 11 is 0. The zero-order valence-electron chi connectivity index (χ0n) is 19.3. The lowest BCUT2D eigenvalue weighted by Gasteiger charge is -2.35. The second-order valence-electron chi connectivity index (χ2n) is 7.75. The SMILES string of the molecule is NCCOCCOCCNc1nc(-c2ccccc2)nc(N2CCN(c3ccccn3)CC2)n1. The number of benzene rings is 1. The van der Waals surface area contributed by atoms with Crippen molar-refractivity contribution in [2.45, 2.75) is 0 Å². The first-order chi connectivity index (χ1) is 16.8. The van der Waals surface area contributed by atoms with Gasteiger partial charge < -0.3 is 30.3 Å². The van der Waals surface area contributed by atoms with Crippen LogP contribution in [-0.4, -0.2) is 85.6 Å². The molecule has 0 bridgehead atoms. The molecule has 4 rings (SSSR count). The van der Waals surface area contributed by atoms with Crippen LogP contribution in [0.25, 0.3) is 11.4 Å². The zero-order valence-corrected chi connectivity index (χ0v) is 19.3. The molecule has 3 N–H and O–H groups in total. The quantitative estimate of drug-likeness (QED) is 0.384. The van der Waals surface area contributed by atoms with Gasteiger partial charge in [0.05, 0.1) is 26.4 Å². The second-order valence-corrected chi connectivity index (χ2v) is 7.75. The summed E-state index contributed by atoms with van der Waals surface area (Å²) in [5, 5.41) is 3.28. The van der Waals surface area contributed by atoms with Gasteiger partial charge in [-0.1, -0.05) is 36.4 Å². The van der Waals surface area contributed by atoms with Gasteiger partial charge in [0.2, 0.25) is 11.9 Å². The maximum Gasteiger partial charge on any atom is 0.230 e. The van der Waals surface area contributed by atoms with Gasteiger partial charge in [0.15, 0.2) is 5.82 Å². The minimum Gasteiger partial charge on any atom is -0.378 e. The molecule has 10 nitrogen and oxygen atoms in total. The summed E-state index contributed by atoms with van der Waals surface area (Å²) < 4.78 is 10.9. The van der Waals surface area contributed by atoms with Crippen molar-refractivity contribution in [3.05, 3.63) is 54.7 Å². The van der Waals surface area contributed by atoms with Crippen LogP contribution in [0.1, 0.15) is 0 Å². The van der Waals surface area contributed by atoms with Crippen LogP contribution in [0.2, 0.25) is 0 Å². The van der Waals surface area contributed by atoms with Crippen LogP contribution in [0.5, 0.6) is 0 Å². The summed E-state index contributed by atoms with van der Waals surface area (Å²) in [6.45, 7) is 6.56. The lowest BCUT2D eigenvalue weighted by atomic mass is 10.2. The average molecular weight is 465 g/mol. The Morgan fingerprint density at radius 2 is 1.53 bits per heavy atom. The third-order valence-corrected chi connectivity index (χ3v) is 5.36. The van der Waals surface area contributed by atoms with Crippen LogP contribution in [0.4, 0.5) is 17.7 Å². The predicted octanol–water partition coefficient (Wildman–Crippen LogP) is 1.66. The van der Waals surface area contributed by atoms with E-state index in [4.69, 9.17) is 25.2 Å². The lowest BCUT2D eigenvalue weighted by Crippen LogP contribution is -2.47. The third kappa shape index (κ3) is 6.83. The molecular formula is C24H32N8O2. The van der Waals surface area contributed by atoms with Gasteiger partial charge in [-0.25, -0.2) is 4.98 Å². The summed E-state index contributed by atoms with van der Waals surface area (Å²) in [6, 6.07) is 16.0. The monoisotopic (exact) mass is 464 g/mol. The maximum absolute atomic E-state index is 5.60. The molecular weight excluding hydrogens is 432 g/mol. The van der Waals surface area contributed by atoms with Gasteiger partial charge >= 0.3 is 0 Å². The fourth-order valence-corrected chi connectivity index (χ4v) is 3.62. The van der Waals surface area contributed by atoms with E-state index in [2.05, 4.69) is 25.1 Å². The number of aromatic nitrogens is 4. The molecule has 2 aromatic heterocycles. The molecule has 34 heavy (non-hydrogen) atoms. The number of nitrogens with zero attached hydrogens (tertiary/aromatic N) is 6. The molecule has 0 unspecified atom stereocenters. The number of hydrogen-bond donors (Lipinski definition) is 2. The van der Waals surface area contributed by atoms with Crippen LogP contribution in [0.3, 0.4) is 0 Å². The predicted molar refractivity (Wildman–Crippen MR) is 133 cm³/mol. The Balaban J connectivity index is 1.39. The normalized spacial score (nSPS) is 13.8. The highest BCUT2D eigenvalue weighted by atomic mass is 16.5.